The molecule has 21 heavy (non-hydrogen) atoms. The molecular weight excluding hydrogens is 266 g/mol. The summed E-state index contributed by atoms with van der Waals surface area (Å²) >= 11 is 0. The van der Waals surface area contributed by atoms with Crippen LogP contribution >= 0.6 is 0 Å². The summed E-state index contributed by atoms with van der Waals surface area (Å²) in [5.74, 6) is -0.0964. The number of hydrogen-bond donors (Lipinski definition) is 1. The van der Waals surface area contributed by atoms with E-state index in [1.165, 1.54) is 0 Å². The van der Waals surface area contributed by atoms with E-state index < -0.39 is 0 Å². The summed E-state index contributed by atoms with van der Waals surface area (Å²) in [5.41, 5.74) is 1.92. The number of rotatable bonds is 3. The number of carbonyl (C=O) groups is 2. The van der Waals surface area contributed by atoms with Gasteiger partial charge in [0.2, 0.25) is 5.91 Å². The van der Waals surface area contributed by atoms with E-state index in [0.29, 0.717) is 17.8 Å². The summed E-state index contributed by atoms with van der Waals surface area (Å²) in [7, 11) is 0. The summed E-state index contributed by atoms with van der Waals surface area (Å²) in [4.78, 5) is 29.4. The average Bonchev–Trinajstić information content (AvgIpc) is 2.95. The van der Waals surface area contributed by atoms with Crippen molar-refractivity contribution in [3.8, 4) is 0 Å². The standard InChI is InChI=1S/C16H15N3O2/c20-15-5-3-11-19(15)13-8-6-12(7-9-13)18-16(21)14-4-1-2-10-17-14/h1-2,4,6-10H,3,5,11H2,(H,18,21). The van der Waals surface area contributed by atoms with E-state index >= 15 is 0 Å². The van der Waals surface area contributed by atoms with E-state index in [0.717, 1.165) is 18.7 Å². The number of aromatic nitrogens is 1. The van der Waals surface area contributed by atoms with Crippen LogP contribution in [0.25, 0.3) is 0 Å². The van der Waals surface area contributed by atoms with Crippen molar-refractivity contribution >= 4 is 23.2 Å². The van der Waals surface area contributed by atoms with Crippen molar-refractivity contribution in [3.63, 3.8) is 0 Å². The van der Waals surface area contributed by atoms with E-state index in [-0.39, 0.29) is 11.8 Å². The molecular formula is C16H15N3O2. The van der Waals surface area contributed by atoms with Crippen LogP contribution in [0.3, 0.4) is 0 Å². The zero-order valence-corrected chi connectivity index (χ0v) is 11.5. The second-order valence-electron chi connectivity index (χ2n) is 4.86. The Morgan fingerprint density at radius 3 is 2.57 bits per heavy atom. The maximum absolute atomic E-state index is 12.0. The number of amides is 2. The number of anilines is 2. The van der Waals surface area contributed by atoms with Gasteiger partial charge in [0.25, 0.3) is 5.91 Å². The topological polar surface area (TPSA) is 62.3 Å². The molecule has 3 rings (SSSR count). The molecule has 1 aromatic heterocycles. The number of nitrogens with one attached hydrogen (secondary N) is 1. The number of nitrogens with zero attached hydrogens (tertiary/aromatic N) is 2. The van der Waals surface area contributed by atoms with Crippen LogP contribution in [-0.4, -0.2) is 23.3 Å². The van der Waals surface area contributed by atoms with Crippen LogP contribution < -0.4 is 10.2 Å². The lowest BCUT2D eigenvalue weighted by atomic mass is 10.2. The fourth-order valence-corrected chi connectivity index (χ4v) is 2.34. The molecule has 1 aromatic carbocycles. The average molecular weight is 281 g/mol. The first-order chi connectivity index (χ1) is 10.2. The van der Waals surface area contributed by atoms with Gasteiger partial charge >= 0.3 is 0 Å². The molecule has 5 nitrogen and oxygen atoms in total. The summed E-state index contributed by atoms with van der Waals surface area (Å²) in [5, 5.41) is 2.78. The maximum atomic E-state index is 12.0. The van der Waals surface area contributed by atoms with Crippen LogP contribution in [0.2, 0.25) is 0 Å². The minimum Gasteiger partial charge on any atom is -0.321 e. The van der Waals surface area contributed by atoms with Crippen LogP contribution in [0, 0.1) is 0 Å². The van der Waals surface area contributed by atoms with E-state index in [2.05, 4.69) is 10.3 Å². The van der Waals surface area contributed by atoms with E-state index in [9.17, 15) is 9.59 Å². The normalized spacial score (nSPS) is 14.3. The van der Waals surface area contributed by atoms with Gasteiger partial charge in [0, 0.05) is 30.5 Å². The van der Waals surface area contributed by atoms with Crippen molar-refractivity contribution in [2.24, 2.45) is 0 Å². The molecule has 0 aliphatic carbocycles. The summed E-state index contributed by atoms with van der Waals surface area (Å²) < 4.78 is 0. The minimum absolute atomic E-state index is 0.153. The Hall–Kier alpha value is -2.69. The van der Waals surface area contributed by atoms with Crippen molar-refractivity contribution in [3.05, 3.63) is 54.4 Å². The Morgan fingerprint density at radius 2 is 1.95 bits per heavy atom. The molecule has 1 aliphatic rings. The predicted molar refractivity (Wildman–Crippen MR) is 80.2 cm³/mol. The van der Waals surface area contributed by atoms with Gasteiger partial charge in [0.1, 0.15) is 5.69 Å². The highest BCUT2D eigenvalue weighted by Gasteiger charge is 2.21. The van der Waals surface area contributed by atoms with Crippen LogP contribution in [-0.2, 0) is 4.79 Å². The van der Waals surface area contributed by atoms with Gasteiger partial charge < -0.3 is 10.2 Å². The Kier molecular flexibility index (Phi) is 3.64. The summed E-state index contributed by atoms with van der Waals surface area (Å²) in [6, 6.07) is 12.5. The van der Waals surface area contributed by atoms with E-state index in [4.69, 9.17) is 0 Å². The molecule has 0 spiro atoms. The maximum Gasteiger partial charge on any atom is 0.274 e. The van der Waals surface area contributed by atoms with Gasteiger partial charge in [-0.05, 0) is 42.8 Å². The molecule has 2 aromatic rings. The van der Waals surface area contributed by atoms with Crippen LogP contribution in [0.1, 0.15) is 23.3 Å². The molecule has 2 amide bonds. The van der Waals surface area contributed by atoms with Gasteiger partial charge in [-0.15, -0.1) is 0 Å². The molecule has 0 unspecified atom stereocenters. The van der Waals surface area contributed by atoms with Crippen molar-refractivity contribution in [1.82, 2.24) is 4.98 Å². The van der Waals surface area contributed by atoms with E-state index in [1.807, 2.05) is 12.1 Å². The van der Waals surface area contributed by atoms with Gasteiger partial charge in [-0.1, -0.05) is 6.07 Å². The first kappa shape index (κ1) is 13.3. The van der Waals surface area contributed by atoms with Crippen LogP contribution in [0.4, 0.5) is 11.4 Å². The number of pyridine rings is 1. The van der Waals surface area contributed by atoms with E-state index in [1.54, 1.807) is 41.4 Å². The molecule has 0 bridgehead atoms. The smallest absolute Gasteiger partial charge is 0.274 e. The van der Waals surface area contributed by atoms with Gasteiger partial charge in [0.15, 0.2) is 0 Å². The number of carbonyl (C=O) groups excluding carboxylic acids is 2. The molecule has 1 N–H and O–H groups in total. The van der Waals surface area contributed by atoms with Crippen molar-refractivity contribution < 1.29 is 9.59 Å². The van der Waals surface area contributed by atoms with Gasteiger partial charge in [0.05, 0.1) is 0 Å². The predicted octanol–water partition coefficient (Wildman–Crippen LogP) is 2.46. The molecule has 0 radical (unpaired) electrons. The molecule has 0 atom stereocenters. The highest BCUT2D eigenvalue weighted by molar-refractivity contribution is 6.03. The fourth-order valence-electron chi connectivity index (χ4n) is 2.34. The van der Waals surface area contributed by atoms with Gasteiger partial charge in [-0.25, -0.2) is 0 Å². The SMILES string of the molecule is O=C(Nc1ccc(N2CCCC2=O)cc1)c1ccccn1. The van der Waals surface area contributed by atoms with Crippen LogP contribution in [0.5, 0.6) is 0 Å². The Bertz CT molecular complexity index is 653. The molecule has 1 saturated heterocycles. The Balaban J connectivity index is 1.70. The van der Waals surface area contributed by atoms with Crippen LogP contribution in [0.15, 0.2) is 48.7 Å². The largest absolute Gasteiger partial charge is 0.321 e. The quantitative estimate of drug-likeness (QED) is 0.940. The molecule has 106 valence electrons. The molecule has 5 heteroatoms. The first-order valence-corrected chi connectivity index (χ1v) is 6.87. The zero-order valence-electron chi connectivity index (χ0n) is 11.5. The fraction of sp³-hybridized carbons (Fsp3) is 0.188. The van der Waals surface area contributed by atoms with Crippen molar-refractivity contribution in [2.75, 3.05) is 16.8 Å². The molecule has 0 saturated carbocycles. The lowest BCUT2D eigenvalue weighted by Crippen LogP contribution is -2.23. The third-order valence-corrected chi connectivity index (χ3v) is 3.41. The monoisotopic (exact) mass is 281 g/mol. The highest BCUT2D eigenvalue weighted by Crippen LogP contribution is 2.23. The summed E-state index contributed by atoms with van der Waals surface area (Å²) in [6.45, 7) is 0.762. The lowest BCUT2D eigenvalue weighted by molar-refractivity contribution is -0.117. The second-order valence-corrected chi connectivity index (χ2v) is 4.86. The Labute approximate surface area is 122 Å². The third-order valence-electron chi connectivity index (χ3n) is 3.41. The number of benzene rings is 1. The lowest BCUT2D eigenvalue weighted by Gasteiger charge is -2.16. The molecule has 1 fully saturated rings. The Morgan fingerprint density at radius 1 is 1.14 bits per heavy atom. The summed E-state index contributed by atoms with van der Waals surface area (Å²) in [6.07, 6.45) is 3.09. The number of hydrogen-bond acceptors (Lipinski definition) is 3. The second kappa shape index (κ2) is 5.75. The van der Waals surface area contributed by atoms with Gasteiger partial charge in [-0.2, -0.15) is 0 Å². The molecule has 2 heterocycles. The highest BCUT2D eigenvalue weighted by atomic mass is 16.2. The van der Waals surface area contributed by atoms with Crippen molar-refractivity contribution in [2.45, 2.75) is 12.8 Å². The zero-order chi connectivity index (χ0) is 14.7. The first-order valence-electron chi connectivity index (χ1n) is 6.87. The molecule has 1 aliphatic heterocycles. The van der Waals surface area contributed by atoms with Gasteiger partial charge in [-0.3, -0.25) is 14.6 Å². The van der Waals surface area contributed by atoms with Crippen molar-refractivity contribution in [1.29, 1.82) is 0 Å². The minimum atomic E-state index is -0.249. The third kappa shape index (κ3) is 2.91.